The molecule has 5 nitrogen and oxygen atoms in total. The van der Waals surface area contributed by atoms with E-state index in [2.05, 4.69) is 16.0 Å². The molecular formula is C15H17NO4. The predicted molar refractivity (Wildman–Crippen MR) is 74.1 cm³/mol. The van der Waals surface area contributed by atoms with Gasteiger partial charge in [0.05, 0.1) is 7.11 Å². The second kappa shape index (κ2) is 7.85. The van der Waals surface area contributed by atoms with Crippen molar-refractivity contribution in [3.63, 3.8) is 0 Å². The van der Waals surface area contributed by atoms with E-state index in [-0.39, 0.29) is 11.3 Å². The molecule has 0 fully saturated rings. The van der Waals surface area contributed by atoms with Gasteiger partial charge in [0, 0.05) is 12.0 Å². The van der Waals surface area contributed by atoms with Crippen molar-refractivity contribution in [3.8, 4) is 18.1 Å². The lowest BCUT2D eigenvalue weighted by Gasteiger charge is -2.16. The number of benzene rings is 1. The number of carbonyl (C=O) groups excluding carboxylic acids is 2. The molecule has 0 saturated heterocycles. The number of esters is 1. The van der Waals surface area contributed by atoms with Crippen LogP contribution in [0.3, 0.4) is 0 Å². The van der Waals surface area contributed by atoms with Gasteiger partial charge in [-0.3, -0.25) is 4.79 Å². The summed E-state index contributed by atoms with van der Waals surface area (Å²) >= 11 is 0. The summed E-state index contributed by atoms with van der Waals surface area (Å²) in [6.07, 6.45) is 6.69. The van der Waals surface area contributed by atoms with Crippen LogP contribution in [0.25, 0.3) is 0 Å². The maximum absolute atomic E-state index is 12.0. The van der Waals surface area contributed by atoms with E-state index in [4.69, 9.17) is 6.42 Å². The second-order valence-corrected chi connectivity index (χ2v) is 4.20. The number of terminal acetylenes is 1. The Bertz CT molecular complexity index is 519. The summed E-state index contributed by atoms with van der Waals surface area (Å²) in [5.74, 6) is 1.50. The maximum atomic E-state index is 12.0. The molecule has 0 aliphatic heterocycles. The monoisotopic (exact) mass is 275 g/mol. The molecule has 2 N–H and O–H groups in total. The molecule has 5 heteroatoms. The lowest BCUT2D eigenvalue weighted by molar-refractivity contribution is -0.143. The fourth-order valence-corrected chi connectivity index (χ4v) is 1.69. The van der Waals surface area contributed by atoms with Crippen molar-refractivity contribution >= 4 is 11.9 Å². The number of hydrogen-bond donors (Lipinski definition) is 2. The van der Waals surface area contributed by atoms with Gasteiger partial charge >= 0.3 is 5.97 Å². The fourth-order valence-electron chi connectivity index (χ4n) is 1.69. The number of amides is 1. The van der Waals surface area contributed by atoms with E-state index in [0.717, 1.165) is 0 Å². The molecule has 0 heterocycles. The minimum absolute atomic E-state index is 0.0143. The lowest BCUT2D eigenvalue weighted by atomic mass is 10.1. The van der Waals surface area contributed by atoms with Crippen molar-refractivity contribution in [3.05, 3.63) is 29.8 Å². The van der Waals surface area contributed by atoms with Gasteiger partial charge in [-0.15, -0.1) is 12.3 Å². The first-order chi connectivity index (χ1) is 9.58. The lowest BCUT2D eigenvalue weighted by Crippen LogP contribution is -2.41. The number of hydrogen-bond acceptors (Lipinski definition) is 4. The molecule has 0 spiro atoms. The standard InChI is InChI=1S/C15H17NO4/c1-3-4-5-9-13(15(19)20-2)16-14(18)11-7-6-8-12(17)10-11/h1,6-8,10,13,17H,4-5,9H2,2H3,(H,16,18)/t13-/m0/s1. The van der Waals surface area contributed by atoms with Crippen LogP contribution in [0.4, 0.5) is 0 Å². The number of methoxy groups -OCH3 is 1. The zero-order valence-corrected chi connectivity index (χ0v) is 11.3. The highest BCUT2D eigenvalue weighted by Gasteiger charge is 2.21. The smallest absolute Gasteiger partial charge is 0.328 e. The van der Waals surface area contributed by atoms with E-state index >= 15 is 0 Å². The first-order valence-electron chi connectivity index (χ1n) is 6.19. The largest absolute Gasteiger partial charge is 0.508 e. The highest BCUT2D eigenvalue weighted by atomic mass is 16.5. The molecule has 1 atom stereocenters. The van der Waals surface area contributed by atoms with E-state index in [0.29, 0.717) is 19.3 Å². The Labute approximate surface area is 117 Å². The number of nitrogens with one attached hydrogen (secondary N) is 1. The third-order valence-corrected chi connectivity index (χ3v) is 2.71. The van der Waals surface area contributed by atoms with Gasteiger partial charge in [-0.2, -0.15) is 0 Å². The molecule has 20 heavy (non-hydrogen) atoms. The van der Waals surface area contributed by atoms with Gasteiger partial charge in [0.2, 0.25) is 0 Å². The molecule has 0 radical (unpaired) electrons. The van der Waals surface area contributed by atoms with E-state index in [1.807, 2.05) is 0 Å². The molecule has 0 aromatic heterocycles. The molecule has 1 aromatic carbocycles. The van der Waals surface area contributed by atoms with Crippen molar-refractivity contribution < 1.29 is 19.4 Å². The molecule has 0 unspecified atom stereocenters. The Morgan fingerprint density at radius 3 is 2.85 bits per heavy atom. The van der Waals surface area contributed by atoms with Gasteiger partial charge in [-0.25, -0.2) is 4.79 Å². The summed E-state index contributed by atoms with van der Waals surface area (Å²) in [5, 5.41) is 11.9. The first-order valence-corrected chi connectivity index (χ1v) is 6.19. The zero-order valence-electron chi connectivity index (χ0n) is 11.3. The number of ether oxygens (including phenoxy) is 1. The van der Waals surface area contributed by atoms with Crippen LogP contribution in [-0.2, 0) is 9.53 Å². The Balaban J connectivity index is 2.71. The summed E-state index contributed by atoms with van der Waals surface area (Å²) in [6.45, 7) is 0. The van der Waals surface area contributed by atoms with Crippen LogP contribution in [-0.4, -0.2) is 30.1 Å². The minimum Gasteiger partial charge on any atom is -0.508 e. The van der Waals surface area contributed by atoms with Crippen LogP contribution in [0.15, 0.2) is 24.3 Å². The summed E-state index contributed by atoms with van der Waals surface area (Å²) in [7, 11) is 1.26. The van der Waals surface area contributed by atoms with Gasteiger partial charge in [0.25, 0.3) is 5.91 Å². The average Bonchev–Trinajstić information content (AvgIpc) is 2.45. The van der Waals surface area contributed by atoms with Crippen molar-refractivity contribution in [1.29, 1.82) is 0 Å². The van der Waals surface area contributed by atoms with E-state index in [1.54, 1.807) is 12.1 Å². The van der Waals surface area contributed by atoms with Gasteiger partial charge in [-0.05, 0) is 31.0 Å². The van der Waals surface area contributed by atoms with Crippen LogP contribution >= 0.6 is 0 Å². The number of phenols is 1. The molecule has 1 rings (SSSR count). The summed E-state index contributed by atoms with van der Waals surface area (Å²) in [4.78, 5) is 23.6. The number of phenolic OH excluding ortho intramolecular Hbond substituents is 1. The van der Waals surface area contributed by atoms with Crippen molar-refractivity contribution in [1.82, 2.24) is 5.32 Å². The van der Waals surface area contributed by atoms with Crippen LogP contribution in [0, 0.1) is 12.3 Å². The molecule has 1 aromatic rings. The van der Waals surface area contributed by atoms with Gasteiger partial charge in [0.1, 0.15) is 11.8 Å². The Hall–Kier alpha value is -2.48. The second-order valence-electron chi connectivity index (χ2n) is 4.20. The molecular weight excluding hydrogens is 258 g/mol. The van der Waals surface area contributed by atoms with Gasteiger partial charge in [-0.1, -0.05) is 6.07 Å². The normalized spacial score (nSPS) is 11.2. The quantitative estimate of drug-likeness (QED) is 0.468. The van der Waals surface area contributed by atoms with Crippen molar-refractivity contribution in [2.75, 3.05) is 7.11 Å². The highest BCUT2D eigenvalue weighted by Crippen LogP contribution is 2.11. The molecule has 0 bridgehead atoms. The van der Waals surface area contributed by atoms with E-state index < -0.39 is 17.9 Å². The summed E-state index contributed by atoms with van der Waals surface area (Å²) in [6, 6.07) is 5.14. The molecule has 0 aliphatic carbocycles. The first kappa shape index (κ1) is 15.6. The van der Waals surface area contributed by atoms with E-state index in [1.165, 1.54) is 19.2 Å². The minimum atomic E-state index is -0.747. The van der Waals surface area contributed by atoms with Gasteiger partial charge < -0.3 is 15.2 Å². The Kier molecular flexibility index (Phi) is 6.11. The van der Waals surface area contributed by atoms with Crippen molar-refractivity contribution in [2.45, 2.75) is 25.3 Å². The highest BCUT2D eigenvalue weighted by molar-refractivity contribution is 5.97. The van der Waals surface area contributed by atoms with Crippen LogP contribution in [0.5, 0.6) is 5.75 Å². The van der Waals surface area contributed by atoms with Crippen LogP contribution in [0.1, 0.15) is 29.6 Å². The zero-order chi connectivity index (χ0) is 15.0. The SMILES string of the molecule is C#CCCC[C@H](NC(=O)c1cccc(O)c1)C(=O)OC. The Morgan fingerprint density at radius 1 is 1.50 bits per heavy atom. The molecule has 0 saturated carbocycles. The van der Waals surface area contributed by atoms with Crippen LogP contribution < -0.4 is 5.32 Å². The third kappa shape index (κ3) is 4.65. The third-order valence-electron chi connectivity index (χ3n) is 2.71. The number of unbranched alkanes of at least 4 members (excludes halogenated alkanes) is 1. The average molecular weight is 275 g/mol. The van der Waals surface area contributed by atoms with Gasteiger partial charge in [0.15, 0.2) is 0 Å². The summed E-state index contributed by atoms with van der Waals surface area (Å²) in [5.41, 5.74) is 0.274. The summed E-state index contributed by atoms with van der Waals surface area (Å²) < 4.78 is 4.65. The van der Waals surface area contributed by atoms with E-state index in [9.17, 15) is 14.7 Å². The molecule has 0 aliphatic rings. The van der Waals surface area contributed by atoms with Crippen molar-refractivity contribution in [2.24, 2.45) is 0 Å². The predicted octanol–water partition coefficient (Wildman–Crippen LogP) is 1.47. The van der Waals surface area contributed by atoms with Crippen LogP contribution in [0.2, 0.25) is 0 Å². The number of rotatable bonds is 6. The molecule has 1 amide bonds. The maximum Gasteiger partial charge on any atom is 0.328 e. The Morgan fingerprint density at radius 2 is 2.25 bits per heavy atom. The fraction of sp³-hybridized carbons (Fsp3) is 0.333. The molecule has 106 valence electrons. The topological polar surface area (TPSA) is 75.6 Å². The number of carbonyl (C=O) groups is 2. The number of aromatic hydroxyl groups is 1.